The number of nitrogens with zero attached hydrogens (tertiary/aromatic N) is 5. The first-order valence-corrected chi connectivity index (χ1v) is 10.3. The molecule has 3 aliphatic heterocycles. The largest absolute Gasteiger partial charge is 0.444 e. The summed E-state index contributed by atoms with van der Waals surface area (Å²) >= 11 is 0. The monoisotopic (exact) mass is 419 g/mol. The Bertz CT molecular complexity index is 875. The number of aromatic nitrogens is 2. The molecule has 4 rings (SSSR count). The minimum Gasteiger partial charge on any atom is -0.444 e. The molecule has 2 saturated heterocycles. The number of rotatable bonds is 1. The van der Waals surface area contributed by atoms with Crippen molar-refractivity contribution < 1.29 is 23.9 Å². The third kappa shape index (κ3) is 3.53. The normalized spacial score (nSPS) is 26.5. The number of ether oxygens (including phenoxy) is 2. The zero-order chi connectivity index (χ0) is 21.8. The predicted octanol–water partition coefficient (Wildman–Crippen LogP) is 0.985. The van der Waals surface area contributed by atoms with Crippen LogP contribution in [0.5, 0.6) is 0 Å². The number of morpholine rings is 1. The fraction of sp³-hybridized carbons (Fsp3) is 0.700. The van der Waals surface area contributed by atoms with Crippen LogP contribution in [-0.4, -0.2) is 81.0 Å². The minimum absolute atomic E-state index is 0.0851. The van der Waals surface area contributed by atoms with Crippen molar-refractivity contribution in [1.29, 1.82) is 0 Å². The van der Waals surface area contributed by atoms with Gasteiger partial charge in [0.25, 0.3) is 5.91 Å². The number of hydrogen-bond donors (Lipinski definition) is 0. The molecule has 2 fully saturated rings. The van der Waals surface area contributed by atoms with Gasteiger partial charge in [0.15, 0.2) is 0 Å². The number of fused-ring (bicyclic) bond motifs is 3. The van der Waals surface area contributed by atoms with E-state index in [4.69, 9.17) is 9.47 Å². The van der Waals surface area contributed by atoms with Crippen LogP contribution in [0.4, 0.5) is 10.5 Å². The van der Waals surface area contributed by atoms with E-state index in [1.807, 2.05) is 32.4 Å². The number of carbonyl (C=O) groups is 3. The van der Waals surface area contributed by atoms with Gasteiger partial charge in [-0.05, 0) is 27.7 Å². The Balaban J connectivity index is 1.61. The predicted molar refractivity (Wildman–Crippen MR) is 107 cm³/mol. The van der Waals surface area contributed by atoms with E-state index in [2.05, 4.69) is 5.10 Å². The molecule has 10 nitrogen and oxygen atoms in total. The average Bonchev–Trinajstić information content (AvgIpc) is 3.04. The lowest BCUT2D eigenvalue weighted by molar-refractivity contribution is -0.155. The van der Waals surface area contributed by atoms with E-state index in [9.17, 15) is 14.4 Å². The van der Waals surface area contributed by atoms with Crippen LogP contribution in [0, 0.1) is 0 Å². The molecule has 1 aromatic rings. The first kappa shape index (κ1) is 20.6. The molecule has 3 aliphatic rings. The highest BCUT2D eigenvalue weighted by atomic mass is 16.6. The Morgan fingerprint density at radius 2 is 1.97 bits per heavy atom. The quantitative estimate of drug-likeness (QED) is 0.673. The molecule has 0 N–H and O–H groups in total. The number of hydrogen-bond acceptors (Lipinski definition) is 6. The minimum atomic E-state index is -0.630. The van der Waals surface area contributed by atoms with Crippen molar-refractivity contribution in [1.82, 2.24) is 19.6 Å². The molecule has 0 spiro atoms. The second kappa shape index (κ2) is 7.26. The van der Waals surface area contributed by atoms with E-state index in [0.29, 0.717) is 31.9 Å². The lowest BCUT2D eigenvalue weighted by Gasteiger charge is -2.48. The molecule has 0 aromatic carbocycles. The number of carbonyl (C=O) groups excluding carboxylic acids is 3. The highest BCUT2D eigenvalue weighted by Gasteiger charge is 2.47. The first-order chi connectivity index (χ1) is 14.1. The maximum Gasteiger partial charge on any atom is 0.410 e. The molecule has 2 bridgehead atoms. The van der Waals surface area contributed by atoms with E-state index in [1.54, 1.807) is 20.9 Å². The summed E-state index contributed by atoms with van der Waals surface area (Å²) in [5.41, 5.74) is 0.886. The van der Waals surface area contributed by atoms with E-state index >= 15 is 0 Å². The molecule has 4 heterocycles. The average molecular weight is 419 g/mol. The third-order valence-electron chi connectivity index (χ3n) is 5.76. The summed E-state index contributed by atoms with van der Waals surface area (Å²) in [4.78, 5) is 43.0. The van der Waals surface area contributed by atoms with Gasteiger partial charge in [0.2, 0.25) is 5.91 Å². The lowest BCUT2D eigenvalue weighted by Crippen LogP contribution is -2.68. The smallest absolute Gasteiger partial charge is 0.410 e. The van der Waals surface area contributed by atoms with Crippen molar-refractivity contribution in [2.24, 2.45) is 0 Å². The van der Waals surface area contributed by atoms with E-state index < -0.39 is 11.6 Å². The van der Waals surface area contributed by atoms with Gasteiger partial charge in [0.1, 0.15) is 11.6 Å². The van der Waals surface area contributed by atoms with Gasteiger partial charge in [-0.1, -0.05) is 0 Å². The molecule has 0 aliphatic carbocycles. The van der Waals surface area contributed by atoms with Crippen molar-refractivity contribution in [2.45, 2.75) is 71.4 Å². The van der Waals surface area contributed by atoms with Gasteiger partial charge in [0, 0.05) is 13.5 Å². The van der Waals surface area contributed by atoms with E-state index in [1.165, 1.54) is 6.92 Å². The Hall–Kier alpha value is -2.62. The molecule has 3 atom stereocenters. The van der Waals surface area contributed by atoms with Crippen molar-refractivity contribution in [3.8, 4) is 0 Å². The Labute approximate surface area is 175 Å². The Morgan fingerprint density at radius 3 is 2.63 bits per heavy atom. The second-order valence-corrected chi connectivity index (χ2v) is 9.20. The fourth-order valence-electron chi connectivity index (χ4n) is 4.41. The number of piperazine rings is 1. The molecular formula is C20H29N5O5. The van der Waals surface area contributed by atoms with Gasteiger partial charge in [-0.25, -0.2) is 4.79 Å². The van der Waals surface area contributed by atoms with Crippen LogP contribution in [0.3, 0.4) is 0 Å². The SMILES string of the molecule is CC(=O)N1C2COCC1C(=O)N(c1cnn3c1CN(C(=O)OC(C)(C)C)[C@@H](C)C3)C2. The second-order valence-electron chi connectivity index (χ2n) is 9.20. The van der Waals surface area contributed by atoms with Gasteiger partial charge in [-0.15, -0.1) is 0 Å². The van der Waals surface area contributed by atoms with Crippen LogP contribution >= 0.6 is 0 Å². The third-order valence-corrected chi connectivity index (χ3v) is 5.76. The van der Waals surface area contributed by atoms with Gasteiger partial charge >= 0.3 is 6.09 Å². The summed E-state index contributed by atoms with van der Waals surface area (Å²) in [6.07, 6.45) is 1.30. The Morgan fingerprint density at radius 1 is 1.23 bits per heavy atom. The maximum absolute atomic E-state index is 13.2. The van der Waals surface area contributed by atoms with Crippen molar-refractivity contribution in [3.63, 3.8) is 0 Å². The summed E-state index contributed by atoms with van der Waals surface area (Å²) in [7, 11) is 0. The van der Waals surface area contributed by atoms with Gasteiger partial charge in [0.05, 0.1) is 56.0 Å². The summed E-state index contributed by atoms with van der Waals surface area (Å²) in [5, 5.41) is 4.47. The lowest BCUT2D eigenvalue weighted by atomic mass is 10.0. The molecule has 3 amide bonds. The number of anilines is 1. The standard InChI is InChI=1S/C20H29N5O5/c1-12-7-24-16(9-22(12)19(28)30-20(3,4)5)15(6-21-24)23-8-14-10-29-11-17(18(23)27)25(14)13(2)26/h6,12,14,17H,7-11H2,1-5H3/t12-,14?,17?/m0/s1. The molecule has 0 radical (unpaired) electrons. The van der Waals surface area contributed by atoms with Crippen LogP contribution in [-0.2, 0) is 32.2 Å². The first-order valence-electron chi connectivity index (χ1n) is 10.3. The zero-order valence-corrected chi connectivity index (χ0v) is 18.1. The summed E-state index contributed by atoms with van der Waals surface area (Å²) in [6, 6.07) is -0.910. The van der Waals surface area contributed by atoms with E-state index in [-0.39, 0.29) is 36.6 Å². The van der Waals surface area contributed by atoms with Gasteiger partial charge in [-0.2, -0.15) is 5.10 Å². The summed E-state index contributed by atoms with van der Waals surface area (Å²) in [5.74, 6) is -0.303. The zero-order valence-electron chi connectivity index (χ0n) is 18.1. The van der Waals surface area contributed by atoms with Gasteiger partial charge < -0.3 is 19.3 Å². The number of amides is 3. The van der Waals surface area contributed by atoms with Crippen LogP contribution in [0.1, 0.15) is 40.3 Å². The molecule has 10 heteroatoms. The fourth-order valence-corrected chi connectivity index (χ4v) is 4.41. The van der Waals surface area contributed by atoms with Crippen LogP contribution in [0.15, 0.2) is 6.20 Å². The maximum atomic E-state index is 13.2. The molecular weight excluding hydrogens is 390 g/mol. The summed E-state index contributed by atoms with van der Waals surface area (Å²) in [6.45, 7) is 10.7. The Kier molecular flexibility index (Phi) is 5.00. The highest BCUT2D eigenvalue weighted by Crippen LogP contribution is 2.32. The molecule has 1 aromatic heterocycles. The van der Waals surface area contributed by atoms with Crippen molar-refractivity contribution in [3.05, 3.63) is 11.9 Å². The van der Waals surface area contributed by atoms with E-state index in [0.717, 1.165) is 5.69 Å². The molecule has 0 saturated carbocycles. The van der Waals surface area contributed by atoms with Gasteiger partial charge in [-0.3, -0.25) is 19.2 Å². The molecule has 2 unspecified atom stereocenters. The van der Waals surface area contributed by atoms with Crippen molar-refractivity contribution in [2.75, 3.05) is 24.7 Å². The van der Waals surface area contributed by atoms with Crippen molar-refractivity contribution >= 4 is 23.6 Å². The summed E-state index contributed by atoms with van der Waals surface area (Å²) < 4.78 is 13.0. The van der Waals surface area contributed by atoms with Crippen LogP contribution in [0.25, 0.3) is 0 Å². The van der Waals surface area contributed by atoms with Crippen LogP contribution in [0.2, 0.25) is 0 Å². The highest BCUT2D eigenvalue weighted by molar-refractivity contribution is 6.01. The molecule has 164 valence electrons. The topological polar surface area (TPSA) is 97.2 Å². The molecule has 30 heavy (non-hydrogen) atoms. The van der Waals surface area contributed by atoms with Crippen LogP contribution < -0.4 is 4.90 Å².